The van der Waals surface area contributed by atoms with Crippen molar-refractivity contribution in [3.05, 3.63) is 60.2 Å². The van der Waals surface area contributed by atoms with E-state index in [1.165, 1.54) is 16.3 Å². The van der Waals surface area contributed by atoms with E-state index in [2.05, 4.69) is 74.6 Å². The number of hydrogen-bond acceptors (Lipinski definition) is 4. The van der Waals surface area contributed by atoms with Crippen molar-refractivity contribution in [2.24, 2.45) is 12.0 Å². The number of aryl methyl sites for hydroxylation is 1. The number of aliphatic imine (C=N–C) groups is 1. The number of piperazine rings is 1. The minimum absolute atomic E-state index is 0. The number of guanidine groups is 1. The quantitative estimate of drug-likeness (QED) is 0.319. The minimum Gasteiger partial charge on any atom is -0.357 e. The molecule has 1 N–H and O–H groups in total. The van der Waals surface area contributed by atoms with Crippen LogP contribution >= 0.6 is 24.0 Å². The molecule has 0 unspecified atom stereocenters. The van der Waals surface area contributed by atoms with Crippen LogP contribution in [0.4, 0.5) is 0 Å². The lowest BCUT2D eigenvalue weighted by atomic mass is 10.0. The van der Waals surface area contributed by atoms with Crippen molar-refractivity contribution in [3.8, 4) is 0 Å². The molecule has 2 aromatic carbocycles. The fraction of sp³-hybridized carbons (Fsp3) is 0.409. The Morgan fingerprint density at radius 3 is 2.57 bits per heavy atom. The molecule has 0 radical (unpaired) electrons. The summed E-state index contributed by atoms with van der Waals surface area (Å²) in [6, 6.07) is 15.2. The van der Waals surface area contributed by atoms with E-state index in [9.17, 15) is 0 Å². The molecule has 0 spiro atoms. The van der Waals surface area contributed by atoms with Gasteiger partial charge in [-0.3, -0.25) is 9.58 Å². The molecule has 8 heteroatoms. The van der Waals surface area contributed by atoms with Gasteiger partial charge in [-0.05, 0) is 23.3 Å². The Hall–Kier alpha value is -2.20. The molecule has 0 amide bonds. The molecule has 4 rings (SSSR count). The fourth-order valence-electron chi connectivity index (χ4n) is 3.82. The van der Waals surface area contributed by atoms with Gasteiger partial charge in [0.15, 0.2) is 5.96 Å². The number of halogens is 1. The van der Waals surface area contributed by atoms with E-state index in [-0.39, 0.29) is 24.0 Å². The number of hydrogen-bond donors (Lipinski definition) is 1. The van der Waals surface area contributed by atoms with E-state index in [1.807, 2.05) is 7.05 Å². The predicted molar refractivity (Wildman–Crippen MR) is 132 cm³/mol. The summed E-state index contributed by atoms with van der Waals surface area (Å²) < 4.78 is 1.77. The third-order valence-electron chi connectivity index (χ3n) is 5.46. The van der Waals surface area contributed by atoms with Gasteiger partial charge in [0.25, 0.3) is 0 Å². The van der Waals surface area contributed by atoms with Crippen LogP contribution in [0.3, 0.4) is 0 Å². The van der Waals surface area contributed by atoms with E-state index >= 15 is 0 Å². The Morgan fingerprint density at radius 1 is 1.07 bits per heavy atom. The van der Waals surface area contributed by atoms with Gasteiger partial charge in [0.2, 0.25) is 0 Å². The number of rotatable bonds is 5. The van der Waals surface area contributed by atoms with Gasteiger partial charge < -0.3 is 10.2 Å². The molecule has 160 valence electrons. The first-order chi connectivity index (χ1) is 14.2. The third kappa shape index (κ3) is 5.28. The average molecular weight is 519 g/mol. The Bertz CT molecular complexity index is 971. The van der Waals surface area contributed by atoms with Gasteiger partial charge in [0.1, 0.15) is 18.7 Å². The minimum atomic E-state index is 0. The van der Waals surface area contributed by atoms with Crippen LogP contribution < -0.4 is 5.32 Å². The van der Waals surface area contributed by atoms with Gasteiger partial charge in [0, 0.05) is 46.3 Å². The molecule has 30 heavy (non-hydrogen) atoms. The maximum atomic E-state index is 4.78. The molecule has 0 atom stereocenters. The summed E-state index contributed by atoms with van der Waals surface area (Å²) in [6.07, 6.45) is 1.57. The van der Waals surface area contributed by atoms with Gasteiger partial charge in [-0.25, -0.2) is 9.98 Å². The highest BCUT2D eigenvalue weighted by Gasteiger charge is 2.20. The molecule has 0 aliphatic carbocycles. The lowest BCUT2D eigenvalue weighted by Gasteiger charge is -2.36. The Labute approximate surface area is 195 Å². The van der Waals surface area contributed by atoms with Gasteiger partial charge in [-0.2, -0.15) is 5.10 Å². The molecule has 7 nitrogen and oxygen atoms in total. The Kier molecular flexibility index (Phi) is 8.03. The molecular weight excluding hydrogens is 489 g/mol. The lowest BCUT2D eigenvalue weighted by molar-refractivity contribution is 0.173. The van der Waals surface area contributed by atoms with Crippen molar-refractivity contribution in [2.75, 3.05) is 32.7 Å². The molecule has 0 bridgehead atoms. The fourth-order valence-corrected chi connectivity index (χ4v) is 3.82. The second kappa shape index (κ2) is 10.7. The average Bonchev–Trinajstić information content (AvgIpc) is 3.17. The number of fused-ring (bicyclic) bond motifs is 1. The van der Waals surface area contributed by atoms with Gasteiger partial charge >= 0.3 is 0 Å². The second-order valence-corrected chi connectivity index (χ2v) is 7.37. The molecule has 1 saturated heterocycles. The van der Waals surface area contributed by atoms with Crippen LogP contribution in [-0.2, 0) is 20.1 Å². The summed E-state index contributed by atoms with van der Waals surface area (Å²) in [6.45, 7) is 8.47. The molecular formula is C22H30IN7. The maximum absolute atomic E-state index is 4.78. The largest absolute Gasteiger partial charge is 0.357 e. The van der Waals surface area contributed by atoms with Crippen molar-refractivity contribution < 1.29 is 0 Å². The zero-order chi connectivity index (χ0) is 20.1. The summed E-state index contributed by atoms with van der Waals surface area (Å²) in [5.74, 6) is 1.83. The summed E-state index contributed by atoms with van der Waals surface area (Å²) in [5.41, 5.74) is 1.40. The van der Waals surface area contributed by atoms with E-state index in [4.69, 9.17) is 4.99 Å². The van der Waals surface area contributed by atoms with Crippen LogP contribution in [0.15, 0.2) is 53.8 Å². The molecule has 2 heterocycles. The first-order valence-electron chi connectivity index (χ1n) is 10.3. The zero-order valence-electron chi connectivity index (χ0n) is 17.7. The summed E-state index contributed by atoms with van der Waals surface area (Å²) in [4.78, 5) is 13.9. The molecule has 1 fully saturated rings. The monoisotopic (exact) mass is 519 g/mol. The summed E-state index contributed by atoms with van der Waals surface area (Å²) >= 11 is 0. The van der Waals surface area contributed by atoms with Gasteiger partial charge in [-0.1, -0.05) is 42.5 Å². The molecule has 1 aromatic heterocycles. The predicted octanol–water partition coefficient (Wildman–Crippen LogP) is 2.87. The first-order valence-corrected chi connectivity index (χ1v) is 10.3. The van der Waals surface area contributed by atoms with Crippen LogP contribution in [0.5, 0.6) is 0 Å². The summed E-state index contributed by atoms with van der Waals surface area (Å²) in [7, 11) is 1.90. The van der Waals surface area contributed by atoms with Crippen LogP contribution in [0.2, 0.25) is 0 Å². The number of nitrogens with one attached hydrogen (secondary N) is 1. The first kappa shape index (κ1) is 22.5. The Morgan fingerprint density at radius 2 is 1.83 bits per heavy atom. The molecule has 1 aliphatic heterocycles. The van der Waals surface area contributed by atoms with Crippen LogP contribution in [-0.4, -0.2) is 63.2 Å². The summed E-state index contributed by atoms with van der Waals surface area (Å²) in [5, 5.41) is 10.2. The standard InChI is InChI=1S/C22H29N7.HI/c1-3-23-22(24-15-21-25-17-26-27(21)2)29-13-11-28(12-14-29)16-19-9-6-8-18-7-4-5-10-20(18)19;/h4-10,17H,3,11-16H2,1-2H3,(H,23,24);1H. The Balaban J connectivity index is 0.00000256. The van der Waals surface area contributed by atoms with Crippen molar-refractivity contribution in [2.45, 2.75) is 20.0 Å². The van der Waals surface area contributed by atoms with Crippen molar-refractivity contribution in [3.63, 3.8) is 0 Å². The maximum Gasteiger partial charge on any atom is 0.194 e. The van der Waals surface area contributed by atoms with E-state index in [0.717, 1.165) is 51.1 Å². The highest BCUT2D eigenvalue weighted by Crippen LogP contribution is 2.20. The number of benzene rings is 2. The van der Waals surface area contributed by atoms with Gasteiger partial charge in [-0.15, -0.1) is 24.0 Å². The SMILES string of the molecule is CCNC(=NCc1ncnn1C)N1CCN(Cc2cccc3ccccc23)CC1.I. The van der Waals surface area contributed by atoms with E-state index < -0.39 is 0 Å². The van der Waals surface area contributed by atoms with E-state index in [1.54, 1.807) is 11.0 Å². The second-order valence-electron chi connectivity index (χ2n) is 7.37. The number of aromatic nitrogens is 3. The van der Waals surface area contributed by atoms with Crippen molar-refractivity contribution in [1.82, 2.24) is 29.9 Å². The highest BCUT2D eigenvalue weighted by molar-refractivity contribution is 14.0. The number of nitrogens with zero attached hydrogens (tertiary/aromatic N) is 6. The topological polar surface area (TPSA) is 61.6 Å². The lowest BCUT2D eigenvalue weighted by Crippen LogP contribution is -2.52. The normalized spacial score (nSPS) is 15.3. The van der Waals surface area contributed by atoms with Gasteiger partial charge in [0.05, 0.1) is 0 Å². The molecule has 0 saturated carbocycles. The highest BCUT2D eigenvalue weighted by atomic mass is 127. The van der Waals surface area contributed by atoms with Crippen LogP contribution in [0.1, 0.15) is 18.3 Å². The van der Waals surface area contributed by atoms with E-state index in [0.29, 0.717) is 6.54 Å². The zero-order valence-corrected chi connectivity index (χ0v) is 20.0. The van der Waals surface area contributed by atoms with Crippen molar-refractivity contribution >= 4 is 40.7 Å². The molecule has 1 aliphatic rings. The smallest absolute Gasteiger partial charge is 0.194 e. The third-order valence-corrected chi connectivity index (χ3v) is 5.46. The molecule has 3 aromatic rings. The van der Waals surface area contributed by atoms with Crippen LogP contribution in [0.25, 0.3) is 10.8 Å². The van der Waals surface area contributed by atoms with Crippen LogP contribution in [0, 0.1) is 0 Å². The van der Waals surface area contributed by atoms with Crippen molar-refractivity contribution in [1.29, 1.82) is 0 Å².